The SMILES string of the molecule is CCC[C@@H]1[C@@]23CC[C@]45C#CC[C@@H]([C@H]6CC[C@@H]7CCCC[C@@H]7C6)CC[C@]67[C@H](CC[C@@H]8[C@@H]6[C@@](C)(CC[C@@]74C)CC[C@@]8(C)C(=O)O)C[C@@]5(C)[C@]2(CO)[C@@H](O)C[C@]1(O)O[C@H]3Cc1ccc(CCOC)cc1. The van der Waals surface area contributed by atoms with Gasteiger partial charge in [-0.25, -0.2) is 0 Å². The minimum Gasteiger partial charge on any atom is -0.481 e. The van der Waals surface area contributed by atoms with Crippen molar-refractivity contribution in [3.63, 3.8) is 0 Å². The summed E-state index contributed by atoms with van der Waals surface area (Å²) >= 11 is 0. The largest absolute Gasteiger partial charge is 0.481 e. The van der Waals surface area contributed by atoms with Crippen LogP contribution >= 0.6 is 0 Å². The maximum atomic E-state index is 13.7. The fraction of sp³-hybridized carbons (Fsp3) is 0.850. The van der Waals surface area contributed by atoms with Crippen molar-refractivity contribution in [2.75, 3.05) is 20.3 Å². The van der Waals surface area contributed by atoms with Crippen LogP contribution in [0.3, 0.4) is 0 Å². The van der Waals surface area contributed by atoms with Gasteiger partial charge in [0.2, 0.25) is 0 Å². The van der Waals surface area contributed by atoms with Crippen LogP contribution in [0.2, 0.25) is 0 Å². The first-order valence-electron chi connectivity index (χ1n) is 28.0. The Balaban J connectivity index is 1.10. The highest BCUT2D eigenvalue weighted by atomic mass is 16.6. The maximum absolute atomic E-state index is 13.7. The van der Waals surface area contributed by atoms with Crippen molar-refractivity contribution in [2.45, 2.75) is 207 Å². The Bertz CT molecular complexity index is 2130. The molecule has 370 valence electrons. The predicted octanol–water partition coefficient (Wildman–Crippen LogP) is 11.6. The van der Waals surface area contributed by atoms with Gasteiger partial charge in [0.1, 0.15) is 0 Å². The van der Waals surface area contributed by atoms with E-state index in [1.165, 1.54) is 56.9 Å². The van der Waals surface area contributed by atoms with Crippen LogP contribution in [0, 0.1) is 103 Å². The van der Waals surface area contributed by atoms with E-state index in [4.69, 9.17) is 9.47 Å². The highest BCUT2D eigenvalue weighted by molar-refractivity contribution is 5.75. The maximum Gasteiger partial charge on any atom is 0.309 e. The van der Waals surface area contributed by atoms with E-state index in [0.29, 0.717) is 30.8 Å². The lowest BCUT2D eigenvalue weighted by molar-refractivity contribution is -0.380. The van der Waals surface area contributed by atoms with E-state index < -0.39 is 44.9 Å². The van der Waals surface area contributed by atoms with Gasteiger partial charge in [-0.1, -0.05) is 90.0 Å². The molecule has 67 heavy (non-hydrogen) atoms. The van der Waals surface area contributed by atoms with Crippen molar-refractivity contribution in [1.29, 1.82) is 0 Å². The molecule has 0 amide bonds. The highest BCUT2D eigenvalue weighted by Gasteiger charge is 2.89. The van der Waals surface area contributed by atoms with Crippen LogP contribution in [0.4, 0.5) is 0 Å². The molecule has 1 saturated heterocycles. The molecule has 0 unspecified atom stereocenters. The Morgan fingerprint density at radius 1 is 0.806 bits per heavy atom. The zero-order chi connectivity index (χ0) is 47.0. The van der Waals surface area contributed by atoms with E-state index in [2.05, 4.69) is 70.7 Å². The monoisotopic (exact) mass is 921 g/mol. The van der Waals surface area contributed by atoms with Crippen LogP contribution in [0.5, 0.6) is 0 Å². The summed E-state index contributed by atoms with van der Waals surface area (Å²) < 4.78 is 12.6. The third kappa shape index (κ3) is 5.98. The normalized spacial score (nSPS) is 52.7. The van der Waals surface area contributed by atoms with Crippen LogP contribution in [0.1, 0.15) is 187 Å². The van der Waals surface area contributed by atoms with Crippen LogP contribution in [-0.2, 0) is 27.1 Å². The summed E-state index contributed by atoms with van der Waals surface area (Å²) in [5.41, 5.74) is -1.52. The van der Waals surface area contributed by atoms with Gasteiger partial charge in [0.25, 0.3) is 0 Å². The number of ether oxygens (including phenoxy) is 2. The van der Waals surface area contributed by atoms with Crippen LogP contribution in [0.25, 0.3) is 0 Å². The second-order valence-electron chi connectivity index (χ2n) is 26.7. The van der Waals surface area contributed by atoms with Gasteiger partial charge in [-0.2, -0.15) is 0 Å². The van der Waals surface area contributed by atoms with Gasteiger partial charge in [0, 0.05) is 42.1 Å². The summed E-state index contributed by atoms with van der Waals surface area (Å²) in [6, 6.07) is 8.84. The lowest BCUT2D eigenvalue weighted by atomic mass is 9.19. The van der Waals surface area contributed by atoms with Crippen molar-refractivity contribution in [1.82, 2.24) is 0 Å². The number of aliphatic hydroxyl groups is 3. The summed E-state index contributed by atoms with van der Waals surface area (Å²) in [6.07, 6.45) is 23.0. The number of carboxylic acid groups (broad SMARTS) is 1. The van der Waals surface area contributed by atoms with Gasteiger partial charge in [0.15, 0.2) is 5.79 Å². The average molecular weight is 921 g/mol. The quantitative estimate of drug-likeness (QED) is 0.173. The molecule has 1 heterocycles. The molecule has 8 saturated carbocycles. The fourth-order valence-corrected chi connectivity index (χ4v) is 22.2. The molecular weight excluding hydrogens is 833 g/mol. The fourth-order valence-electron chi connectivity index (χ4n) is 22.2. The Morgan fingerprint density at radius 2 is 1.52 bits per heavy atom. The Morgan fingerprint density at radius 3 is 2.25 bits per heavy atom. The third-order valence-corrected chi connectivity index (χ3v) is 25.1. The summed E-state index contributed by atoms with van der Waals surface area (Å²) in [5, 5.41) is 50.6. The van der Waals surface area contributed by atoms with Gasteiger partial charge in [-0.05, 0) is 190 Å². The topological polar surface area (TPSA) is 116 Å². The number of benzene rings is 1. The van der Waals surface area contributed by atoms with Crippen LogP contribution < -0.4 is 0 Å². The molecule has 7 nitrogen and oxygen atoms in total. The van der Waals surface area contributed by atoms with E-state index in [-0.39, 0.29) is 53.1 Å². The Kier molecular flexibility index (Phi) is 11.5. The van der Waals surface area contributed by atoms with Crippen molar-refractivity contribution in [3.8, 4) is 11.8 Å². The first-order valence-corrected chi connectivity index (χ1v) is 28.0. The zero-order valence-electron chi connectivity index (χ0n) is 42.5. The van der Waals surface area contributed by atoms with Gasteiger partial charge < -0.3 is 29.9 Å². The third-order valence-electron chi connectivity index (χ3n) is 25.1. The molecule has 10 aliphatic rings. The van der Waals surface area contributed by atoms with E-state index in [0.717, 1.165) is 107 Å². The molecule has 11 rings (SSSR count). The number of fused-ring (bicyclic) bond motifs is 3. The number of aliphatic carboxylic acids is 1. The number of carboxylic acids is 1. The molecule has 1 aliphatic heterocycles. The van der Waals surface area contributed by atoms with E-state index in [9.17, 15) is 25.2 Å². The van der Waals surface area contributed by atoms with Crippen LogP contribution in [-0.4, -0.2) is 64.7 Å². The van der Waals surface area contributed by atoms with Gasteiger partial charge in [-0.15, -0.1) is 5.92 Å². The number of hydrogen-bond acceptors (Lipinski definition) is 6. The molecular formula is C60H88O7. The molecule has 19 atom stereocenters. The van der Waals surface area contributed by atoms with Crippen molar-refractivity contribution < 1.29 is 34.7 Å². The molecule has 0 aromatic heterocycles. The number of hydrogen-bond donors (Lipinski definition) is 4. The lowest BCUT2D eigenvalue weighted by Gasteiger charge is -2.84. The molecule has 9 fully saturated rings. The standard InChI is InChI=1S/C60H88O7/c1-7-11-47-58-32-31-56-25-10-14-42(44-20-19-41-12-8-9-13-43(41)35-44)23-26-57-45(21-22-46-50(57)52(2,28-30-54(56,57)4)27-29-53(46,3)51(63)64)36-55(56,5)59(58,38-61)48(62)37-60(47,65)67-49(58)34-40-17-15-39(16-18-40)24-33-66-6/h15-18,41-50,61-62,65H,7-9,11-14,19-24,26-38H2,1-6H3,(H,63,64)/t41-,42+,43+,44-,45+,46+,47+,48-,49-,50+,52+,53+,54+,55+,56+,57-,58+,59-,60-/m0/s1. The minimum atomic E-state index is -1.48. The molecule has 4 N–H and O–H groups in total. The summed E-state index contributed by atoms with van der Waals surface area (Å²) in [5.74, 6) is 9.97. The van der Waals surface area contributed by atoms with E-state index >= 15 is 0 Å². The van der Waals surface area contributed by atoms with E-state index in [1.807, 2.05) is 0 Å². The van der Waals surface area contributed by atoms with Crippen LogP contribution in [0.15, 0.2) is 24.3 Å². The smallest absolute Gasteiger partial charge is 0.309 e. The molecule has 9 aliphatic carbocycles. The molecule has 0 radical (unpaired) electrons. The molecule has 3 spiro atoms. The minimum absolute atomic E-state index is 0.0605. The van der Waals surface area contributed by atoms with Crippen molar-refractivity contribution in [3.05, 3.63) is 35.4 Å². The first kappa shape index (κ1) is 47.4. The molecule has 1 aromatic carbocycles. The first-order chi connectivity index (χ1) is 32.0. The molecule has 4 bridgehead atoms. The number of rotatable bonds is 10. The average Bonchev–Trinajstić information content (AvgIpc) is 3.50. The van der Waals surface area contributed by atoms with Gasteiger partial charge in [-0.3, -0.25) is 4.79 Å². The summed E-state index contributed by atoms with van der Waals surface area (Å²) in [4.78, 5) is 13.7. The van der Waals surface area contributed by atoms with Crippen molar-refractivity contribution in [2.24, 2.45) is 90.7 Å². The lowest BCUT2D eigenvalue weighted by Crippen LogP contribution is -2.82. The highest BCUT2D eigenvalue weighted by Crippen LogP contribution is 2.90. The molecule has 7 heteroatoms. The number of carbonyl (C=O) groups is 1. The summed E-state index contributed by atoms with van der Waals surface area (Å²) in [7, 11) is 1.74. The second-order valence-corrected chi connectivity index (χ2v) is 26.7. The van der Waals surface area contributed by atoms with Gasteiger partial charge >= 0.3 is 5.97 Å². The Labute approximate surface area is 404 Å². The van der Waals surface area contributed by atoms with E-state index in [1.54, 1.807) is 7.11 Å². The van der Waals surface area contributed by atoms with Gasteiger partial charge in [0.05, 0.1) is 30.8 Å². The molecule has 1 aromatic rings. The predicted molar refractivity (Wildman–Crippen MR) is 261 cm³/mol. The summed E-state index contributed by atoms with van der Waals surface area (Å²) in [6.45, 7) is 12.6. The Hall–Kier alpha value is -1.95. The number of methoxy groups -OCH3 is 1. The van der Waals surface area contributed by atoms with Crippen molar-refractivity contribution >= 4 is 5.97 Å². The zero-order valence-corrected chi connectivity index (χ0v) is 42.5. The second kappa shape index (κ2) is 16.3. The number of aliphatic hydroxyl groups excluding tert-OH is 2.